The standard InChI is InChI=1S/C29H31ClN4O4/c1-20-8-5-6-10-24(20)34-26(16-25(32-34)29(2,3)4)31-27(35)18-33(17-23-9-7-15-37-23)28(36)19-38-22-13-11-21(30)12-14-22/h5-16H,17-19H2,1-4H3,(H,31,35). The van der Waals surface area contributed by atoms with Crippen molar-refractivity contribution < 1.29 is 18.7 Å². The van der Waals surface area contributed by atoms with Crippen LogP contribution in [0.5, 0.6) is 5.75 Å². The Bertz CT molecular complexity index is 1390. The number of aromatic nitrogens is 2. The van der Waals surface area contributed by atoms with E-state index in [1.54, 1.807) is 41.1 Å². The van der Waals surface area contributed by atoms with E-state index in [1.807, 2.05) is 37.3 Å². The topological polar surface area (TPSA) is 89.6 Å². The maximum absolute atomic E-state index is 13.3. The lowest BCUT2D eigenvalue weighted by atomic mass is 9.92. The van der Waals surface area contributed by atoms with Crippen LogP contribution >= 0.6 is 11.6 Å². The second kappa shape index (κ2) is 11.6. The maximum Gasteiger partial charge on any atom is 0.261 e. The van der Waals surface area contributed by atoms with Gasteiger partial charge >= 0.3 is 0 Å². The van der Waals surface area contributed by atoms with Gasteiger partial charge in [-0.1, -0.05) is 50.6 Å². The maximum atomic E-state index is 13.3. The van der Waals surface area contributed by atoms with Crippen LogP contribution in [0.25, 0.3) is 5.69 Å². The van der Waals surface area contributed by atoms with Crippen molar-refractivity contribution >= 4 is 29.2 Å². The Kier molecular flexibility index (Phi) is 8.22. The van der Waals surface area contributed by atoms with Crippen molar-refractivity contribution in [2.75, 3.05) is 18.5 Å². The first-order chi connectivity index (χ1) is 18.1. The number of furan rings is 1. The summed E-state index contributed by atoms with van der Waals surface area (Å²) in [5.41, 5.74) is 2.47. The van der Waals surface area contributed by atoms with E-state index in [2.05, 4.69) is 26.1 Å². The van der Waals surface area contributed by atoms with Crippen molar-refractivity contribution in [1.82, 2.24) is 14.7 Å². The number of para-hydroxylation sites is 1. The number of benzene rings is 2. The number of nitrogens with one attached hydrogen (secondary N) is 1. The smallest absolute Gasteiger partial charge is 0.261 e. The largest absolute Gasteiger partial charge is 0.484 e. The van der Waals surface area contributed by atoms with Crippen LogP contribution in [0.4, 0.5) is 5.82 Å². The Labute approximate surface area is 227 Å². The minimum Gasteiger partial charge on any atom is -0.484 e. The van der Waals surface area contributed by atoms with Crippen molar-refractivity contribution in [2.45, 2.75) is 39.7 Å². The summed E-state index contributed by atoms with van der Waals surface area (Å²) in [7, 11) is 0. The molecule has 0 radical (unpaired) electrons. The third-order valence-electron chi connectivity index (χ3n) is 5.88. The normalized spacial score (nSPS) is 11.3. The average molecular weight is 535 g/mol. The highest BCUT2D eigenvalue weighted by molar-refractivity contribution is 6.30. The Hall–Kier alpha value is -4.04. The van der Waals surface area contributed by atoms with Gasteiger partial charge in [-0.3, -0.25) is 9.59 Å². The first kappa shape index (κ1) is 27.0. The van der Waals surface area contributed by atoms with Crippen LogP contribution in [0.3, 0.4) is 0 Å². The molecule has 1 N–H and O–H groups in total. The highest BCUT2D eigenvalue weighted by Gasteiger charge is 2.24. The minimum absolute atomic E-state index is 0.119. The number of amides is 2. The number of carbonyl (C=O) groups excluding carboxylic acids is 2. The highest BCUT2D eigenvalue weighted by Crippen LogP contribution is 2.27. The zero-order chi connectivity index (χ0) is 27.3. The van der Waals surface area contributed by atoms with Crippen LogP contribution in [-0.4, -0.2) is 39.6 Å². The molecule has 2 aromatic heterocycles. The predicted octanol–water partition coefficient (Wildman–Crippen LogP) is 5.77. The molecule has 198 valence electrons. The SMILES string of the molecule is Cc1ccccc1-n1nc(C(C)(C)C)cc1NC(=O)CN(Cc1ccco1)C(=O)COc1ccc(Cl)cc1. The van der Waals surface area contributed by atoms with Crippen LogP contribution in [0.2, 0.25) is 5.02 Å². The Morgan fingerprint density at radius 3 is 2.47 bits per heavy atom. The number of ether oxygens (including phenoxy) is 1. The number of nitrogens with zero attached hydrogens (tertiary/aromatic N) is 3. The Morgan fingerprint density at radius 1 is 1.08 bits per heavy atom. The molecule has 2 heterocycles. The van der Waals surface area contributed by atoms with Crippen LogP contribution in [0, 0.1) is 6.92 Å². The molecule has 0 aliphatic carbocycles. The van der Waals surface area contributed by atoms with Gasteiger partial charge in [-0.25, -0.2) is 4.68 Å². The van der Waals surface area contributed by atoms with Crippen LogP contribution in [0.1, 0.15) is 37.8 Å². The molecule has 0 aliphatic heterocycles. The Morgan fingerprint density at radius 2 is 1.82 bits per heavy atom. The number of halogens is 1. The summed E-state index contributed by atoms with van der Waals surface area (Å²) >= 11 is 5.92. The number of hydrogen-bond acceptors (Lipinski definition) is 5. The van der Waals surface area contributed by atoms with E-state index in [0.29, 0.717) is 22.4 Å². The zero-order valence-electron chi connectivity index (χ0n) is 21.9. The molecular formula is C29H31ClN4O4. The minimum atomic E-state index is -0.369. The van der Waals surface area contributed by atoms with Crippen molar-refractivity contribution in [2.24, 2.45) is 0 Å². The van der Waals surface area contributed by atoms with Crippen molar-refractivity contribution in [3.05, 3.63) is 95.0 Å². The molecule has 0 atom stereocenters. The van der Waals surface area contributed by atoms with E-state index in [4.69, 9.17) is 25.9 Å². The zero-order valence-corrected chi connectivity index (χ0v) is 22.7. The van der Waals surface area contributed by atoms with E-state index in [1.165, 1.54) is 11.2 Å². The fourth-order valence-corrected chi connectivity index (χ4v) is 3.89. The van der Waals surface area contributed by atoms with E-state index in [9.17, 15) is 9.59 Å². The third kappa shape index (κ3) is 6.83. The second-order valence-corrected chi connectivity index (χ2v) is 10.4. The Balaban J connectivity index is 1.53. The van der Waals surface area contributed by atoms with Crippen molar-refractivity contribution in [3.63, 3.8) is 0 Å². The van der Waals surface area contributed by atoms with Gasteiger partial charge in [-0.2, -0.15) is 5.10 Å². The van der Waals surface area contributed by atoms with Gasteiger partial charge in [0, 0.05) is 16.5 Å². The first-order valence-corrected chi connectivity index (χ1v) is 12.6. The lowest BCUT2D eigenvalue weighted by Gasteiger charge is -2.21. The summed E-state index contributed by atoms with van der Waals surface area (Å²) in [6, 6.07) is 19.9. The van der Waals surface area contributed by atoms with Gasteiger partial charge in [0.05, 0.1) is 24.2 Å². The van der Waals surface area contributed by atoms with Crippen molar-refractivity contribution in [1.29, 1.82) is 0 Å². The number of carbonyl (C=O) groups is 2. The second-order valence-electron chi connectivity index (χ2n) is 9.98. The molecule has 0 aliphatic rings. The van der Waals surface area contributed by atoms with E-state index in [-0.39, 0.29) is 36.9 Å². The molecule has 0 spiro atoms. The summed E-state index contributed by atoms with van der Waals surface area (Å²) in [5.74, 6) is 0.845. The average Bonchev–Trinajstić information content (AvgIpc) is 3.53. The molecule has 2 aromatic carbocycles. The molecule has 0 saturated carbocycles. The third-order valence-corrected chi connectivity index (χ3v) is 6.13. The molecule has 4 rings (SSSR count). The number of aryl methyl sites for hydroxylation is 1. The van der Waals surface area contributed by atoms with Gasteiger partial charge in [0.1, 0.15) is 23.9 Å². The summed E-state index contributed by atoms with van der Waals surface area (Å²) in [5, 5.41) is 8.31. The number of hydrogen-bond donors (Lipinski definition) is 1. The van der Waals surface area contributed by atoms with Crippen molar-refractivity contribution in [3.8, 4) is 11.4 Å². The lowest BCUT2D eigenvalue weighted by Crippen LogP contribution is -2.40. The predicted molar refractivity (Wildman–Crippen MR) is 147 cm³/mol. The number of anilines is 1. The monoisotopic (exact) mass is 534 g/mol. The van der Waals surface area contributed by atoms with Gasteiger partial charge in [0.25, 0.3) is 5.91 Å². The molecule has 0 saturated heterocycles. The molecule has 2 amide bonds. The molecular weight excluding hydrogens is 504 g/mol. The van der Waals surface area contributed by atoms with E-state index < -0.39 is 0 Å². The summed E-state index contributed by atoms with van der Waals surface area (Å²) in [6.07, 6.45) is 1.52. The molecule has 0 unspecified atom stereocenters. The fourth-order valence-electron chi connectivity index (χ4n) is 3.77. The quantitative estimate of drug-likeness (QED) is 0.294. The van der Waals surface area contributed by atoms with Gasteiger partial charge in [0.15, 0.2) is 6.61 Å². The van der Waals surface area contributed by atoms with Gasteiger partial charge in [-0.05, 0) is 55.0 Å². The summed E-state index contributed by atoms with van der Waals surface area (Å²) < 4.78 is 12.8. The molecule has 0 bridgehead atoms. The van der Waals surface area contributed by atoms with Gasteiger partial charge in [-0.15, -0.1) is 0 Å². The molecule has 9 heteroatoms. The van der Waals surface area contributed by atoms with E-state index in [0.717, 1.165) is 16.9 Å². The molecule has 4 aromatic rings. The van der Waals surface area contributed by atoms with Crippen LogP contribution in [-0.2, 0) is 21.5 Å². The van der Waals surface area contributed by atoms with Gasteiger partial charge in [0.2, 0.25) is 5.91 Å². The number of rotatable bonds is 9. The van der Waals surface area contributed by atoms with Gasteiger partial charge < -0.3 is 19.4 Å². The molecule has 0 fully saturated rings. The lowest BCUT2D eigenvalue weighted by molar-refractivity contribution is -0.137. The summed E-state index contributed by atoms with van der Waals surface area (Å²) in [6.45, 7) is 7.85. The molecule has 8 nitrogen and oxygen atoms in total. The summed E-state index contributed by atoms with van der Waals surface area (Å²) in [4.78, 5) is 27.8. The molecule has 38 heavy (non-hydrogen) atoms. The highest BCUT2D eigenvalue weighted by atomic mass is 35.5. The first-order valence-electron chi connectivity index (χ1n) is 12.2. The van der Waals surface area contributed by atoms with Crippen LogP contribution in [0.15, 0.2) is 77.4 Å². The van der Waals surface area contributed by atoms with E-state index >= 15 is 0 Å². The van der Waals surface area contributed by atoms with Crippen LogP contribution < -0.4 is 10.1 Å². The fraction of sp³-hybridized carbons (Fsp3) is 0.276.